The van der Waals surface area contributed by atoms with E-state index in [0.29, 0.717) is 6.54 Å². The molecule has 7 heteroatoms. The van der Waals surface area contributed by atoms with E-state index in [1.807, 2.05) is 49.1 Å². The third-order valence-corrected chi connectivity index (χ3v) is 3.51. The minimum atomic E-state index is 0. The van der Waals surface area contributed by atoms with Gasteiger partial charge in [0.25, 0.3) is 0 Å². The Balaban J connectivity index is 0.00000242. The molecule has 22 heavy (non-hydrogen) atoms. The van der Waals surface area contributed by atoms with Gasteiger partial charge in [-0.1, -0.05) is 23.7 Å². The zero-order valence-electron chi connectivity index (χ0n) is 13.0. The van der Waals surface area contributed by atoms with E-state index in [2.05, 4.69) is 20.3 Å². The number of nitrogens with zero attached hydrogens (tertiary/aromatic N) is 4. The van der Waals surface area contributed by atoms with Crippen LogP contribution in [0.3, 0.4) is 0 Å². The molecule has 120 valence electrons. The van der Waals surface area contributed by atoms with Gasteiger partial charge in [-0.15, -0.1) is 24.0 Å². The van der Waals surface area contributed by atoms with Crippen LogP contribution in [-0.4, -0.2) is 34.7 Å². The second-order valence-corrected chi connectivity index (χ2v) is 5.27. The van der Waals surface area contributed by atoms with Gasteiger partial charge in [0, 0.05) is 38.9 Å². The summed E-state index contributed by atoms with van der Waals surface area (Å²) < 4.78 is 1.85. The van der Waals surface area contributed by atoms with E-state index in [1.165, 1.54) is 5.56 Å². The Morgan fingerprint density at radius 2 is 2.00 bits per heavy atom. The summed E-state index contributed by atoms with van der Waals surface area (Å²) in [4.78, 5) is 6.38. The lowest BCUT2D eigenvalue weighted by atomic mass is 10.2. The van der Waals surface area contributed by atoms with Gasteiger partial charge in [0.15, 0.2) is 5.96 Å². The predicted octanol–water partition coefficient (Wildman–Crippen LogP) is 2.90. The van der Waals surface area contributed by atoms with Crippen molar-refractivity contribution in [3.63, 3.8) is 0 Å². The number of rotatable bonds is 4. The first-order valence-corrected chi connectivity index (χ1v) is 7.11. The highest BCUT2D eigenvalue weighted by atomic mass is 127. The molecule has 2 rings (SSSR count). The molecule has 5 nitrogen and oxygen atoms in total. The molecule has 0 aliphatic rings. The smallest absolute Gasteiger partial charge is 0.194 e. The number of aromatic nitrogens is 2. The molecular weight excluding hydrogens is 413 g/mol. The van der Waals surface area contributed by atoms with Crippen LogP contribution in [-0.2, 0) is 20.1 Å². The lowest BCUT2D eigenvalue weighted by Gasteiger charge is -2.22. The molecule has 0 saturated heterocycles. The number of nitrogens with one attached hydrogen (secondary N) is 1. The number of aliphatic imine (C=N–C) groups is 1. The molecule has 0 aliphatic carbocycles. The van der Waals surface area contributed by atoms with Crippen LogP contribution >= 0.6 is 35.6 Å². The monoisotopic (exact) mass is 433 g/mol. The summed E-state index contributed by atoms with van der Waals surface area (Å²) in [6, 6.07) is 9.83. The molecule has 1 aromatic heterocycles. The van der Waals surface area contributed by atoms with Crippen molar-refractivity contribution < 1.29 is 0 Å². The number of hydrogen-bond donors (Lipinski definition) is 1. The van der Waals surface area contributed by atoms with Crippen molar-refractivity contribution in [3.8, 4) is 0 Å². The molecule has 1 aromatic carbocycles. The van der Waals surface area contributed by atoms with Crippen molar-refractivity contribution in [2.24, 2.45) is 12.0 Å². The summed E-state index contributed by atoms with van der Waals surface area (Å²) in [5.41, 5.74) is 2.29. The topological polar surface area (TPSA) is 45.5 Å². The van der Waals surface area contributed by atoms with Gasteiger partial charge in [-0.2, -0.15) is 5.10 Å². The van der Waals surface area contributed by atoms with Crippen molar-refractivity contribution in [2.75, 3.05) is 14.1 Å². The molecule has 0 radical (unpaired) electrons. The van der Waals surface area contributed by atoms with Crippen molar-refractivity contribution in [3.05, 3.63) is 52.8 Å². The van der Waals surface area contributed by atoms with Gasteiger partial charge in [0.05, 0.1) is 12.2 Å². The second kappa shape index (κ2) is 8.99. The normalized spacial score (nSPS) is 11.0. The van der Waals surface area contributed by atoms with Gasteiger partial charge < -0.3 is 10.2 Å². The number of guanidine groups is 1. The summed E-state index contributed by atoms with van der Waals surface area (Å²) >= 11 is 5.90. The van der Waals surface area contributed by atoms with Crippen molar-refractivity contribution in [1.29, 1.82) is 0 Å². The van der Waals surface area contributed by atoms with Gasteiger partial charge in [0.1, 0.15) is 0 Å². The van der Waals surface area contributed by atoms with E-state index >= 15 is 0 Å². The van der Waals surface area contributed by atoms with Crippen LogP contribution in [0.15, 0.2) is 41.5 Å². The van der Waals surface area contributed by atoms with E-state index < -0.39 is 0 Å². The van der Waals surface area contributed by atoms with Crippen LogP contribution in [0.25, 0.3) is 0 Å². The molecule has 0 fully saturated rings. The summed E-state index contributed by atoms with van der Waals surface area (Å²) in [6.45, 7) is 1.45. The van der Waals surface area contributed by atoms with E-state index in [1.54, 1.807) is 13.2 Å². The van der Waals surface area contributed by atoms with Crippen LogP contribution in [0.1, 0.15) is 11.3 Å². The Bertz CT molecular complexity index is 609. The molecule has 0 bridgehead atoms. The maximum absolute atomic E-state index is 5.90. The fourth-order valence-electron chi connectivity index (χ4n) is 2.07. The second-order valence-electron chi connectivity index (χ2n) is 4.83. The third kappa shape index (κ3) is 5.17. The van der Waals surface area contributed by atoms with E-state index in [0.717, 1.165) is 23.2 Å². The fraction of sp³-hybridized carbons (Fsp3) is 0.333. The molecule has 0 amide bonds. The highest BCUT2D eigenvalue weighted by Crippen LogP contribution is 2.11. The number of benzene rings is 1. The maximum Gasteiger partial charge on any atom is 0.194 e. The van der Waals surface area contributed by atoms with Crippen LogP contribution in [0, 0.1) is 0 Å². The first-order chi connectivity index (χ1) is 10.1. The molecular formula is C15H21ClIN5. The predicted molar refractivity (Wildman–Crippen MR) is 102 cm³/mol. The Morgan fingerprint density at radius 3 is 2.55 bits per heavy atom. The quantitative estimate of drug-likeness (QED) is 0.458. The average Bonchev–Trinajstić information content (AvgIpc) is 2.88. The Morgan fingerprint density at radius 1 is 1.32 bits per heavy atom. The van der Waals surface area contributed by atoms with Crippen LogP contribution in [0.4, 0.5) is 0 Å². The van der Waals surface area contributed by atoms with Crippen LogP contribution in [0.5, 0.6) is 0 Å². The number of aryl methyl sites for hydroxylation is 1. The molecule has 2 aromatic rings. The molecule has 0 atom stereocenters. The van der Waals surface area contributed by atoms with Gasteiger partial charge in [-0.05, 0) is 23.8 Å². The van der Waals surface area contributed by atoms with Gasteiger partial charge in [-0.3, -0.25) is 9.67 Å². The Labute approximate surface area is 153 Å². The fourth-order valence-corrected chi connectivity index (χ4v) is 2.19. The minimum Gasteiger partial charge on any atom is -0.351 e. The lowest BCUT2D eigenvalue weighted by molar-refractivity contribution is 0.474. The molecule has 0 unspecified atom stereocenters. The molecule has 0 spiro atoms. The largest absolute Gasteiger partial charge is 0.351 e. The van der Waals surface area contributed by atoms with Gasteiger partial charge in [0.2, 0.25) is 0 Å². The molecule has 1 N–H and O–H groups in total. The van der Waals surface area contributed by atoms with E-state index in [9.17, 15) is 0 Å². The SMILES string of the molecule is CN=C(NCc1ccnn1C)N(C)Cc1ccc(Cl)cc1.I. The van der Waals surface area contributed by atoms with Crippen LogP contribution < -0.4 is 5.32 Å². The maximum atomic E-state index is 5.90. The first-order valence-electron chi connectivity index (χ1n) is 6.73. The summed E-state index contributed by atoms with van der Waals surface area (Å²) in [6.07, 6.45) is 1.79. The zero-order chi connectivity index (χ0) is 15.2. The number of hydrogen-bond acceptors (Lipinski definition) is 2. The summed E-state index contributed by atoms with van der Waals surface area (Å²) in [5.74, 6) is 0.839. The highest BCUT2D eigenvalue weighted by molar-refractivity contribution is 14.0. The average molecular weight is 434 g/mol. The first kappa shape index (κ1) is 18.8. The van der Waals surface area contributed by atoms with E-state index in [-0.39, 0.29) is 24.0 Å². The summed E-state index contributed by atoms with van der Waals surface area (Å²) in [5, 5.41) is 8.24. The van der Waals surface area contributed by atoms with Crippen molar-refractivity contribution in [1.82, 2.24) is 20.0 Å². The summed E-state index contributed by atoms with van der Waals surface area (Å²) in [7, 11) is 5.72. The lowest BCUT2D eigenvalue weighted by Crippen LogP contribution is -2.38. The molecule has 0 aliphatic heterocycles. The molecule has 1 heterocycles. The van der Waals surface area contributed by atoms with Crippen LogP contribution in [0.2, 0.25) is 5.02 Å². The highest BCUT2D eigenvalue weighted by Gasteiger charge is 2.07. The third-order valence-electron chi connectivity index (χ3n) is 3.26. The van der Waals surface area contributed by atoms with Gasteiger partial charge in [-0.25, -0.2) is 0 Å². The minimum absolute atomic E-state index is 0. The standard InChI is InChI=1S/C15H20ClN5.HI/c1-17-15(18-10-14-8-9-19-21(14)3)20(2)11-12-4-6-13(16)7-5-12;/h4-9H,10-11H2,1-3H3,(H,17,18);1H. The van der Waals surface area contributed by atoms with Crippen molar-refractivity contribution in [2.45, 2.75) is 13.1 Å². The number of halogens is 2. The Hall–Kier alpha value is -1.28. The Kier molecular flexibility index (Phi) is 7.67. The van der Waals surface area contributed by atoms with Crippen molar-refractivity contribution >= 4 is 41.5 Å². The van der Waals surface area contributed by atoms with Gasteiger partial charge >= 0.3 is 0 Å². The zero-order valence-corrected chi connectivity index (χ0v) is 16.0. The molecule has 0 saturated carbocycles. The van der Waals surface area contributed by atoms with E-state index in [4.69, 9.17) is 11.6 Å².